The number of sulfone groups is 1. The van der Waals surface area contributed by atoms with Crippen LogP contribution in [-0.2, 0) is 14.6 Å². The number of nitrogens with zero attached hydrogens (tertiary/aromatic N) is 1. The molecule has 2 amide bonds. The highest BCUT2D eigenvalue weighted by Gasteiger charge is 2.31. The lowest BCUT2D eigenvalue weighted by Crippen LogP contribution is -2.41. The maximum Gasteiger partial charge on any atom is 0.269 e. The Balaban J connectivity index is 1.58. The number of hydrogen-bond acceptors (Lipinski definition) is 7. The van der Waals surface area contributed by atoms with Crippen molar-refractivity contribution in [2.75, 3.05) is 11.5 Å². The molecule has 1 aliphatic heterocycles. The lowest BCUT2D eigenvalue weighted by molar-refractivity contribution is -0.118. The number of nitrogens with one attached hydrogen (secondary N) is 2. The molecule has 1 atom stereocenters. The number of amides is 2. The molecule has 2 N–H and O–H groups in total. The summed E-state index contributed by atoms with van der Waals surface area (Å²) in [4.78, 5) is 32.0. The van der Waals surface area contributed by atoms with E-state index in [1.54, 1.807) is 30.3 Å². The Kier molecular flexibility index (Phi) is 7.40. The summed E-state index contributed by atoms with van der Waals surface area (Å²) in [6.45, 7) is 0. The van der Waals surface area contributed by atoms with Crippen LogP contribution >= 0.6 is 23.1 Å². The molecule has 0 unspecified atom stereocenters. The number of thiazole rings is 1. The van der Waals surface area contributed by atoms with Crippen LogP contribution in [0.15, 0.2) is 95.0 Å². The molecule has 0 radical (unpaired) electrons. The number of para-hydroxylation sites is 1. The summed E-state index contributed by atoms with van der Waals surface area (Å²) in [6.07, 6.45) is 0.333. The fourth-order valence-electron chi connectivity index (χ4n) is 3.98. The van der Waals surface area contributed by atoms with Crippen LogP contribution in [0.2, 0.25) is 0 Å². The number of carbonyl (C=O) groups is 2. The number of fused-ring (bicyclic) bond motifs is 1. The third-order valence-electron chi connectivity index (χ3n) is 5.80. The quantitative estimate of drug-likeness (QED) is 0.260. The first-order chi connectivity index (χ1) is 17.9. The van der Waals surface area contributed by atoms with E-state index >= 15 is 0 Å². The molecule has 1 aromatic heterocycles. The molecule has 1 aliphatic rings. The van der Waals surface area contributed by atoms with Crippen molar-refractivity contribution in [2.45, 2.75) is 16.8 Å². The molecule has 3 aromatic carbocycles. The third kappa shape index (κ3) is 6.10. The first-order valence-corrected chi connectivity index (χ1v) is 15.0. The van der Waals surface area contributed by atoms with Gasteiger partial charge in [0.1, 0.15) is 5.70 Å². The zero-order chi connectivity index (χ0) is 25.8. The zero-order valence-electron chi connectivity index (χ0n) is 19.6. The second-order valence-electron chi connectivity index (χ2n) is 8.51. The van der Waals surface area contributed by atoms with Crippen molar-refractivity contribution in [3.63, 3.8) is 0 Å². The topological polar surface area (TPSA) is 105 Å². The summed E-state index contributed by atoms with van der Waals surface area (Å²) in [7, 11) is -3.20. The summed E-state index contributed by atoms with van der Waals surface area (Å²) in [5.41, 5.74) is 2.02. The zero-order valence-corrected chi connectivity index (χ0v) is 22.0. The summed E-state index contributed by atoms with van der Waals surface area (Å²) in [5.74, 6) is -1.08. The van der Waals surface area contributed by atoms with Gasteiger partial charge in [0.15, 0.2) is 14.2 Å². The molecule has 2 heterocycles. The van der Waals surface area contributed by atoms with E-state index in [2.05, 4.69) is 10.6 Å². The molecule has 10 heteroatoms. The van der Waals surface area contributed by atoms with Gasteiger partial charge >= 0.3 is 0 Å². The maximum absolute atomic E-state index is 13.6. The molecule has 4 aromatic rings. The summed E-state index contributed by atoms with van der Waals surface area (Å²) in [6, 6.07) is 25.2. The number of hydrogen-bond donors (Lipinski definition) is 2. The molecule has 5 rings (SSSR count). The van der Waals surface area contributed by atoms with Gasteiger partial charge in [0.2, 0.25) is 0 Å². The van der Waals surface area contributed by atoms with Crippen molar-refractivity contribution >= 4 is 59.9 Å². The van der Waals surface area contributed by atoms with E-state index < -0.39 is 27.7 Å². The molecule has 1 fully saturated rings. The fraction of sp³-hybridized carbons (Fsp3) is 0.148. The smallest absolute Gasteiger partial charge is 0.269 e. The van der Waals surface area contributed by atoms with Gasteiger partial charge in [-0.15, -0.1) is 11.3 Å². The van der Waals surface area contributed by atoms with E-state index in [-0.39, 0.29) is 17.2 Å². The number of benzene rings is 3. The van der Waals surface area contributed by atoms with Crippen molar-refractivity contribution < 1.29 is 18.0 Å². The molecule has 0 bridgehead atoms. The first kappa shape index (κ1) is 25.2. The summed E-state index contributed by atoms with van der Waals surface area (Å²) < 4.78 is 25.7. The first-order valence-electron chi connectivity index (χ1n) is 11.6. The van der Waals surface area contributed by atoms with Gasteiger partial charge in [0.25, 0.3) is 11.8 Å². The second-order valence-corrected chi connectivity index (χ2v) is 13.0. The van der Waals surface area contributed by atoms with Crippen LogP contribution < -0.4 is 10.6 Å². The minimum absolute atomic E-state index is 0.0271. The molecular weight excluding hydrogens is 527 g/mol. The Morgan fingerprint density at radius 1 is 0.892 bits per heavy atom. The van der Waals surface area contributed by atoms with Gasteiger partial charge in [0.05, 0.1) is 26.6 Å². The number of aromatic nitrogens is 1. The van der Waals surface area contributed by atoms with Crippen LogP contribution in [0.25, 0.3) is 15.1 Å². The molecular formula is C27H23N3O4S3. The monoisotopic (exact) mass is 549 g/mol. The number of carbonyl (C=O) groups excluding carboxylic acids is 2. The highest BCUT2D eigenvalue weighted by atomic mass is 32.2. The van der Waals surface area contributed by atoms with Crippen LogP contribution in [0.5, 0.6) is 0 Å². The van der Waals surface area contributed by atoms with Crippen molar-refractivity contribution in [3.05, 3.63) is 102 Å². The van der Waals surface area contributed by atoms with Crippen molar-refractivity contribution in [3.8, 4) is 0 Å². The van der Waals surface area contributed by atoms with Crippen LogP contribution in [0.1, 0.15) is 22.3 Å². The van der Waals surface area contributed by atoms with Crippen LogP contribution in [0.3, 0.4) is 0 Å². The number of rotatable bonds is 7. The highest BCUT2D eigenvalue weighted by molar-refractivity contribution is 8.09. The highest BCUT2D eigenvalue weighted by Crippen LogP contribution is 2.40. The van der Waals surface area contributed by atoms with E-state index in [4.69, 9.17) is 4.98 Å². The Hall–Kier alpha value is -3.47. The van der Waals surface area contributed by atoms with Crippen LogP contribution in [0.4, 0.5) is 0 Å². The van der Waals surface area contributed by atoms with E-state index in [9.17, 15) is 18.0 Å². The Morgan fingerprint density at radius 3 is 2.19 bits per heavy atom. The molecule has 0 saturated carbocycles. The van der Waals surface area contributed by atoms with Gasteiger partial charge in [0, 0.05) is 11.6 Å². The van der Waals surface area contributed by atoms with Gasteiger partial charge in [-0.2, -0.15) is 0 Å². The van der Waals surface area contributed by atoms with Gasteiger partial charge in [-0.3, -0.25) is 9.59 Å². The lowest BCUT2D eigenvalue weighted by atomic mass is 10.1. The SMILES string of the molecule is O=C(N[C@@H]1CCS(=O)(=O)C1)/C(NC(=O)c1ccccc1)=C(/Sc1nc2ccccc2s1)c1ccccc1. The predicted molar refractivity (Wildman–Crippen MR) is 148 cm³/mol. The van der Waals surface area contributed by atoms with E-state index in [0.29, 0.717) is 21.2 Å². The molecule has 37 heavy (non-hydrogen) atoms. The molecule has 0 spiro atoms. The second kappa shape index (κ2) is 10.9. The van der Waals surface area contributed by atoms with E-state index in [0.717, 1.165) is 15.8 Å². The Labute approximate surface area is 222 Å². The standard InChI is InChI=1S/C27H23N3O4S3/c31-25(19-11-5-2-6-12-19)30-23(26(32)28-20-15-16-37(33,34)17-20)24(18-9-3-1-4-10-18)36-27-29-21-13-7-8-14-22(21)35-27/h1-14,20H,15-17H2,(H,28,32)(H,30,31)/b24-23-/t20-/m1/s1. The van der Waals surface area contributed by atoms with Crippen LogP contribution in [0, 0.1) is 0 Å². The summed E-state index contributed by atoms with van der Waals surface area (Å²) >= 11 is 2.78. The fourth-order valence-corrected chi connectivity index (χ4v) is 7.86. The van der Waals surface area contributed by atoms with E-state index in [1.165, 1.54) is 23.1 Å². The molecule has 7 nitrogen and oxygen atoms in total. The van der Waals surface area contributed by atoms with Gasteiger partial charge < -0.3 is 10.6 Å². The Bertz CT molecular complexity index is 1550. The minimum Gasteiger partial charge on any atom is -0.347 e. The van der Waals surface area contributed by atoms with Gasteiger partial charge in [-0.25, -0.2) is 13.4 Å². The number of thioether (sulfide) groups is 1. The van der Waals surface area contributed by atoms with Gasteiger partial charge in [-0.1, -0.05) is 72.4 Å². The predicted octanol–water partition coefficient (Wildman–Crippen LogP) is 4.49. The normalized spacial score (nSPS) is 17.2. The lowest BCUT2D eigenvalue weighted by Gasteiger charge is -2.18. The Morgan fingerprint density at radius 2 is 1.54 bits per heavy atom. The third-order valence-corrected chi connectivity index (χ3v) is 9.80. The summed E-state index contributed by atoms with van der Waals surface area (Å²) in [5, 5.41) is 5.65. The molecule has 0 aliphatic carbocycles. The maximum atomic E-state index is 13.6. The van der Waals surface area contributed by atoms with Crippen molar-refractivity contribution in [1.29, 1.82) is 0 Å². The van der Waals surface area contributed by atoms with Gasteiger partial charge in [-0.05, 0) is 36.2 Å². The van der Waals surface area contributed by atoms with E-state index in [1.807, 2.05) is 54.6 Å². The molecule has 1 saturated heterocycles. The van der Waals surface area contributed by atoms with Crippen molar-refractivity contribution in [2.24, 2.45) is 0 Å². The van der Waals surface area contributed by atoms with Crippen LogP contribution in [-0.4, -0.2) is 42.8 Å². The van der Waals surface area contributed by atoms with Crippen molar-refractivity contribution in [1.82, 2.24) is 15.6 Å². The average Bonchev–Trinajstić information content (AvgIpc) is 3.48. The largest absolute Gasteiger partial charge is 0.347 e. The minimum atomic E-state index is -3.20. The average molecular weight is 550 g/mol. The molecule has 188 valence electrons.